The summed E-state index contributed by atoms with van der Waals surface area (Å²) in [6.45, 7) is 3.64. The Morgan fingerprint density at radius 1 is 1.03 bits per heavy atom. The van der Waals surface area contributed by atoms with Crippen LogP contribution in [0.5, 0.6) is 0 Å². The SMILES string of the molecule is Cc1ccc(C(=O)NCc2cccnc2)c(C2CCN(C(=O)c3cn(C)c4ccccc34)CC2)n1. The molecule has 0 atom stereocenters. The Kier molecular flexibility index (Phi) is 6.31. The summed E-state index contributed by atoms with van der Waals surface area (Å²) >= 11 is 0. The third-order valence-electron chi connectivity index (χ3n) is 6.78. The number of nitrogens with zero attached hydrogens (tertiary/aromatic N) is 4. The lowest BCUT2D eigenvalue weighted by Crippen LogP contribution is -2.38. The fourth-order valence-electron chi connectivity index (χ4n) is 4.90. The van der Waals surface area contributed by atoms with Crippen LogP contribution in [0, 0.1) is 6.92 Å². The number of hydrogen-bond donors (Lipinski definition) is 1. The molecule has 1 aliphatic rings. The molecule has 0 aliphatic carbocycles. The first-order valence-electron chi connectivity index (χ1n) is 12.0. The predicted molar refractivity (Wildman–Crippen MR) is 135 cm³/mol. The van der Waals surface area contributed by atoms with Crippen molar-refractivity contribution < 1.29 is 9.59 Å². The number of benzene rings is 1. The van der Waals surface area contributed by atoms with Crippen LogP contribution in [0.4, 0.5) is 0 Å². The van der Waals surface area contributed by atoms with Crippen molar-refractivity contribution in [3.8, 4) is 0 Å². The Balaban J connectivity index is 1.29. The second kappa shape index (κ2) is 9.70. The number of rotatable bonds is 5. The van der Waals surface area contributed by atoms with Crippen LogP contribution in [-0.2, 0) is 13.6 Å². The fraction of sp³-hybridized carbons (Fsp3) is 0.286. The van der Waals surface area contributed by atoms with Crippen LogP contribution in [0.3, 0.4) is 0 Å². The summed E-state index contributed by atoms with van der Waals surface area (Å²) in [7, 11) is 1.97. The maximum Gasteiger partial charge on any atom is 0.256 e. The van der Waals surface area contributed by atoms with Gasteiger partial charge in [-0.05, 0) is 49.6 Å². The molecule has 0 radical (unpaired) electrons. The molecule has 7 heteroatoms. The first-order chi connectivity index (χ1) is 17.0. The van der Waals surface area contributed by atoms with Crippen molar-refractivity contribution in [3.05, 3.63) is 95.2 Å². The number of aromatic nitrogens is 3. The molecule has 2 amide bonds. The molecule has 7 nitrogen and oxygen atoms in total. The first kappa shape index (κ1) is 22.8. The van der Waals surface area contributed by atoms with Gasteiger partial charge in [0.25, 0.3) is 11.8 Å². The van der Waals surface area contributed by atoms with E-state index in [1.165, 1.54) is 0 Å². The summed E-state index contributed by atoms with van der Waals surface area (Å²) < 4.78 is 2.00. The topological polar surface area (TPSA) is 80.1 Å². The zero-order valence-electron chi connectivity index (χ0n) is 20.1. The number of piperidine rings is 1. The molecule has 3 aromatic heterocycles. The number of carbonyl (C=O) groups is 2. The minimum atomic E-state index is -0.134. The van der Waals surface area contributed by atoms with Crippen LogP contribution >= 0.6 is 0 Å². The second-order valence-electron chi connectivity index (χ2n) is 9.17. The number of fused-ring (bicyclic) bond motifs is 1. The summed E-state index contributed by atoms with van der Waals surface area (Å²) in [5.74, 6) is 0.0584. The van der Waals surface area contributed by atoms with Gasteiger partial charge in [-0.25, -0.2) is 0 Å². The number of carbonyl (C=O) groups excluding carboxylic acids is 2. The highest BCUT2D eigenvalue weighted by Crippen LogP contribution is 2.31. The maximum absolute atomic E-state index is 13.3. The molecule has 1 N–H and O–H groups in total. The quantitative estimate of drug-likeness (QED) is 0.476. The van der Waals surface area contributed by atoms with E-state index < -0.39 is 0 Å². The number of likely N-dealkylation sites (tertiary alicyclic amines) is 1. The van der Waals surface area contributed by atoms with Crippen LogP contribution in [0.25, 0.3) is 10.9 Å². The standard InChI is InChI=1S/C28H29N5O2/c1-19-9-10-23(27(34)30-17-20-6-5-13-29-16-20)26(31-19)21-11-14-33(15-12-21)28(35)24-18-32(2)25-8-4-3-7-22(24)25/h3-10,13,16,18,21H,11-12,14-15,17H2,1-2H3,(H,30,34). The number of hydrogen-bond acceptors (Lipinski definition) is 4. The zero-order chi connectivity index (χ0) is 24.4. The fourth-order valence-corrected chi connectivity index (χ4v) is 4.90. The Labute approximate surface area is 204 Å². The highest BCUT2D eigenvalue weighted by atomic mass is 16.2. The lowest BCUT2D eigenvalue weighted by molar-refractivity contribution is 0.0712. The molecule has 1 fully saturated rings. The highest BCUT2D eigenvalue weighted by molar-refractivity contribution is 6.07. The summed E-state index contributed by atoms with van der Waals surface area (Å²) in [6, 6.07) is 15.5. The summed E-state index contributed by atoms with van der Waals surface area (Å²) in [6.07, 6.45) is 6.93. The number of pyridine rings is 2. The number of amides is 2. The molecule has 0 unspecified atom stereocenters. The third-order valence-corrected chi connectivity index (χ3v) is 6.78. The summed E-state index contributed by atoms with van der Waals surface area (Å²) in [5.41, 5.74) is 5.06. The molecule has 35 heavy (non-hydrogen) atoms. The minimum Gasteiger partial charge on any atom is -0.350 e. The number of nitrogens with one attached hydrogen (secondary N) is 1. The Morgan fingerprint density at radius 3 is 2.60 bits per heavy atom. The highest BCUT2D eigenvalue weighted by Gasteiger charge is 2.29. The van der Waals surface area contributed by atoms with Crippen LogP contribution in [-0.4, -0.2) is 44.3 Å². The van der Waals surface area contributed by atoms with Gasteiger partial charge in [0.1, 0.15) is 0 Å². The van der Waals surface area contributed by atoms with E-state index in [0.29, 0.717) is 25.2 Å². The predicted octanol–water partition coefficient (Wildman–Crippen LogP) is 4.23. The van der Waals surface area contributed by atoms with Gasteiger partial charge < -0.3 is 14.8 Å². The van der Waals surface area contributed by atoms with Crippen molar-refractivity contribution in [3.63, 3.8) is 0 Å². The molecular formula is C28H29N5O2. The Hall–Kier alpha value is -4.00. The molecule has 178 valence electrons. The molecule has 0 spiro atoms. The van der Waals surface area contributed by atoms with Gasteiger partial charge >= 0.3 is 0 Å². The Morgan fingerprint density at radius 2 is 1.83 bits per heavy atom. The average Bonchev–Trinajstić information content (AvgIpc) is 3.24. The van der Waals surface area contributed by atoms with E-state index in [2.05, 4.69) is 10.3 Å². The van der Waals surface area contributed by atoms with E-state index in [1.807, 2.05) is 78.2 Å². The van der Waals surface area contributed by atoms with E-state index in [4.69, 9.17) is 4.98 Å². The van der Waals surface area contributed by atoms with Gasteiger partial charge in [-0.15, -0.1) is 0 Å². The molecule has 1 aliphatic heterocycles. The second-order valence-corrected chi connectivity index (χ2v) is 9.17. The van der Waals surface area contributed by atoms with E-state index >= 15 is 0 Å². The number of aryl methyl sites for hydroxylation is 2. The van der Waals surface area contributed by atoms with Crippen molar-refractivity contribution in [2.24, 2.45) is 7.05 Å². The summed E-state index contributed by atoms with van der Waals surface area (Å²) in [5, 5.41) is 3.98. The molecule has 4 heterocycles. The molecule has 0 bridgehead atoms. The van der Waals surface area contributed by atoms with Gasteiger partial charge in [0.2, 0.25) is 0 Å². The Bertz CT molecular complexity index is 1370. The third kappa shape index (κ3) is 4.67. The zero-order valence-corrected chi connectivity index (χ0v) is 20.1. The molecule has 1 saturated heterocycles. The summed E-state index contributed by atoms with van der Waals surface area (Å²) in [4.78, 5) is 37.2. The van der Waals surface area contributed by atoms with Gasteiger partial charge in [-0.1, -0.05) is 24.3 Å². The normalized spacial score (nSPS) is 14.3. The minimum absolute atomic E-state index is 0.0619. The lowest BCUT2D eigenvalue weighted by Gasteiger charge is -2.32. The van der Waals surface area contributed by atoms with Crippen LogP contribution in [0.15, 0.2) is 67.1 Å². The first-order valence-corrected chi connectivity index (χ1v) is 12.0. The van der Waals surface area contributed by atoms with Crippen molar-refractivity contribution in [1.29, 1.82) is 0 Å². The van der Waals surface area contributed by atoms with Crippen molar-refractivity contribution in [2.45, 2.75) is 32.2 Å². The van der Waals surface area contributed by atoms with Gasteiger partial charge in [-0.3, -0.25) is 19.6 Å². The van der Waals surface area contributed by atoms with E-state index in [9.17, 15) is 9.59 Å². The van der Waals surface area contributed by atoms with Crippen molar-refractivity contribution in [2.75, 3.05) is 13.1 Å². The van der Waals surface area contributed by atoms with Gasteiger partial charge in [0.05, 0.1) is 16.8 Å². The molecule has 1 aromatic carbocycles. The van der Waals surface area contributed by atoms with E-state index in [-0.39, 0.29) is 17.7 Å². The van der Waals surface area contributed by atoms with Crippen LogP contribution in [0.2, 0.25) is 0 Å². The molecule has 4 aromatic rings. The molecular weight excluding hydrogens is 438 g/mol. The molecule has 5 rings (SSSR count). The largest absolute Gasteiger partial charge is 0.350 e. The van der Waals surface area contributed by atoms with Crippen LogP contribution < -0.4 is 5.32 Å². The van der Waals surface area contributed by atoms with E-state index in [0.717, 1.165) is 46.3 Å². The van der Waals surface area contributed by atoms with Crippen molar-refractivity contribution in [1.82, 2.24) is 24.8 Å². The lowest BCUT2D eigenvalue weighted by atomic mass is 9.89. The van der Waals surface area contributed by atoms with Crippen molar-refractivity contribution >= 4 is 22.7 Å². The average molecular weight is 468 g/mol. The van der Waals surface area contributed by atoms with E-state index in [1.54, 1.807) is 12.4 Å². The van der Waals surface area contributed by atoms with Gasteiger partial charge in [-0.2, -0.15) is 0 Å². The van der Waals surface area contributed by atoms with Gasteiger partial charge in [0.15, 0.2) is 0 Å². The molecule has 0 saturated carbocycles. The maximum atomic E-state index is 13.3. The number of para-hydroxylation sites is 1. The smallest absolute Gasteiger partial charge is 0.256 e. The van der Waals surface area contributed by atoms with Crippen LogP contribution in [0.1, 0.15) is 56.4 Å². The monoisotopic (exact) mass is 467 g/mol. The van der Waals surface area contributed by atoms with Gasteiger partial charge in [0, 0.05) is 67.8 Å².